The maximum absolute atomic E-state index is 12.2. The largest absolute Gasteiger partial charge is 0.458 e. The monoisotopic (exact) mass is 298 g/mol. The number of benzene rings is 1. The first kappa shape index (κ1) is 14.8. The molecule has 0 N–H and O–H groups in total. The molecule has 4 nitrogen and oxygen atoms in total. The lowest BCUT2D eigenvalue weighted by Gasteiger charge is -2.20. The van der Waals surface area contributed by atoms with E-state index in [1.54, 1.807) is 12.5 Å². The molecule has 1 aromatic heterocycles. The van der Waals surface area contributed by atoms with Crippen LogP contribution in [0.2, 0.25) is 0 Å². The van der Waals surface area contributed by atoms with Crippen LogP contribution in [0.1, 0.15) is 67.2 Å². The third-order valence-electron chi connectivity index (χ3n) is 4.10. The van der Waals surface area contributed by atoms with Gasteiger partial charge in [0.05, 0.1) is 24.7 Å². The van der Waals surface area contributed by atoms with Crippen LogP contribution >= 0.6 is 0 Å². The van der Waals surface area contributed by atoms with Crippen LogP contribution in [0.25, 0.3) is 0 Å². The van der Waals surface area contributed by atoms with E-state index in [9.17, 15) is 4.79 Å². The number of carbonyl (C=O) groups is 1. The van der Waals surface area contributed by atoms with Crippen molar-refractivity contribution in [3.8, 4) is 0 Å². The van der Waals surface area contributed by atoms with Gasteiger partial charge in [-0.3, -0.25) is 0 Å². The fraction of sp³-hybridized carbons (Fsp3) is 0.444. The van der Waals surface area contributed by atoms with Crippen LogP contribution in [0.3, 0.4) is 0 Å². The van der Waals surface area contributed by atoms with Crippen molar-refractivity contribution < 1.29 is 9.53 Å². The molecule has 1 aliphatic rings. The first-order valence-corrected chi connectivity index (χ1v) is 7.89. The van der Waals surface area contributed by atoms with Gasteiger partial charge in [-0.25, -0.2) is 9.78 Å². The summed E-state index contributed by atoms with van der Waals surface area (Å²) in [6.07, 6.45) is 5.68. The highest BCUT2D eigenvalue weighted by Crippen LogP contribution is 2.43. The molecule has 0 unspecified atom stereocenters. The number of aromatic nitrogens is 2. The summed E-state index contributed by atoms with van der Waals surface area (Å²) >= 11 is 0. The van der Waals surface area contributed by atoms with E-state index in [1.165, 1.54) is 24.0 Å². The van der Waals surface area contributed by atoms with Gasteiger partial charge in [-0.15, -0.1) is 0 Å². The number of nitrogens with zero attached hydrogens (tertiary/aromatic N) is 2. The molecular formula is C18H22N2O2. The molecule has 1 aliphatic carbocycles. The van der Waals surface area contributed by atoms with Gasteiger partial charge in [-0.05, 0) is 50.7 Å². The number of imidazole rings is 1. The molecule has 2 aromatic rings. The van der Waals surface area contributed by atoms with Crippen molar-refractivity contribution in [3.05, 3.63) is 53.6 Å². The summed E-state index contributed by atoms with van der Waals surface area (Å²) in [5, 5.41) is 0. The Hall–Kier alpha value is -2.10. The Kier molecular flexibility index (Phi) is 4.01. The topological polar surface area (TPSA) is 44.1 Å². The molecule has 1 heterocycles. The number of esters is 1. The lowest BCUT2D eigenvalue weighted by atomic mass is 9.98. The minimum absolute atomic E-state index is 0.0639. The molecule has 116 valence electrons. The lowest BCUT2D eigenvalue weighted by Crippen LogP contribution is -2.18. The van der Waals surface area contributed by atoms with Crippen LogP contribution in [-0.4, -0.2) is 21.6 Å². The zero-order chi connectivity index (χ0) is 15.7. The van der Waals surface area contributed by atoms with Crippen molar-refractivity contribution in [1.29, 1.82) is 0 Å². The van der Waals surface area contributed by atoms with Crippen molar-refractivity contribution >= 4 is 5.97 Å². The SMILES string of the molecule is CC(C)OC(=O)c1cncn1[C@H](C)c1ccccc1C1CC1. The van der Waals surface area contributed by atoms with Crippen LogP contribution in [0.5, 0.6) is 0 Å². The highest BCUT2D eigenvalue weighted by Gasteiger charge is 2.28. The van der Waals surface area contributed by atoms with E-state index in [-0.39, 0.29) is 18.1 Å². The molecule has 0 aliphatic heterocycles. The van der Waals surface area contributed by atoms with E-state index in [0.717, 1.165) is 0 Å². The van der Waals surface area contributed by atoms with Crippen LogP contribution < -0.4 is 0 Å². The van der Waals surface area contributed by atoms with Gasteiger partial charge < -0.3 is 9.30 Å². The molecule has 1 fully saturated rings. The van der Waals surface area contributed by atoms with Gasteiger partial charge in [0.25, 0.3) is 0 Å². The van der Waals surface area contributed by atoms with Crippen molar-refractivity contribution in [2.75, 3.05) is 0 Å². The maximum Gasteiger partial charge on any atom is 0.356 e. The first-order chi connectivity index (χ1) is 10.6. The first-order valence-electron chi connectivity index (χ1n) is 7.89. The summed E-state index contributed by atoms with van der Waals surface area (Å²) in [7, 11) is 0. The second-order valence-corrected chi connectivity index (χ2v) is 6.22. The third-order valence-corrected chi connectivity index (χ3v) is 4.10. The van der Waals surface area contributed by atoms with Crippen molar-refractivity contribution in [1.82, 2.24) is 9.55 Å². The van der Waals surface area contributed by atoms with Gasteiger partial charge in [0, 0.05) is 0 Å². The average Bonchev–Trinajstić information content (AvgIpc) is 3.22. The minimum Gasteiger partial charge on any atom is -0.458 e. The maximum atomic E-state index is 12.2. The molecule has 3 rings (SSSR count). The molecular weight excluding hydrogens is 276 g/mol. The second kappa shape index (κ2) is 5.95. The van der Waals surface area contributed by atoms with Crippen molar-refractivity contribution in [2.45, 2.75) is 51.7 Å². The zero-order valence-electron chi connectivity index (χ0n) is 13.3. The van der Waals surface area contributed by atoms with Gasteiger partial charge in [0.15, 0.2) is 0 Å². The Balaban J connectivity index is 1.92. The predicted molar refractivity (Wildman–Crippen MR) is 85.0 cm³/mol. The number of hydrogen-bond donors (Lipinski definition) is 0. The van der Waals surface area contributed by atoms with Gasteiger partial charge in [0.2, 0.25) is 0 Å². The normalized spacial score (nSPS) is 15.8. The smallest absolute Gasteiger partial charge is 0.356 e. The van der Waals surface area contributed by atoms with Gasteiger partial charge in [-0.2, -0.15) is 0 Å². The van der Waals surface area contributed by atoms with Crippen LogP contribution in [0, 0.1) is 0 Å². The molecule has 0 bridgehead atoms. The fourth-order valence-corrected chi connectivity index (χ4v) is 2.85. The number of rotatable bonds is 5. The Morgan fingerprint density at radius 1 is 1.27 bits per heavy atom. The van der Waals surface area contributed by atoms with Crippen LogP contribution in [0.15, 0.2) is 36.8 Å². The van der Waals surface area contributed by atoms with E-state index in [1.807, 2.05) is 18.4 Å². The number of carbonyl (C=O) groups excluding carboxylic acids is 1. The number of ether oxygens (including phenoxy) is 1. The average molecular weight is 298 g/mol. The molecule has 22 heavy (non-hydrogen) atoms. The summed E-state index contributed by atoms with van der Waals surface area (Å²) in [6, 6.07) is 8.56. The molecule has 0 saturated heterocycles. The van der Waals surface area contributed by atoms with E-state index in [2.05, 4.69) is 36.2 Å². The van der Waals surface area contributed by atoms with E-state index < -0.39 is 0 Å². The Labute approximate surface area is 131 Å². The Bertz CT molecular complexity index is 671. The molecule has 0 radical (unpaired) electrons. The quantitative estimate of drug-likeness (QED) is 0.785. The van der Waals surface area contributed by atoms with E-state index in [4.69, 9.17) is 4.74 Å². The van der Waals surface area contributed by atoms with Gasteiger partial charge >= 0.3 is 5.97 Å². The van der Waals surface area contributed by atoms with Crippen LogP contribution in [0.4, 0.5) is 0 Å². The minimum atomic E-state index is -0.316. The van der Waals surface area contributed by atoms with E-state index >= 15 is 0 Å². The predicted octanol–water partition coefficient (Wildman–Crippen LogP) is 3.94. The second-order valence-electron chi connectivity index (χ2n) is 6.22. The third kappa shape index (κ3) is 2.91. The Morgan fingerprint density at radius 2 is 2.00 bits per heavy atom. The summed E-state index contributed by atoms with van der Waals surface area (Å²) in [4.78, 5) is 16.4. The summed E-state index contributed by atoms with van der Waals surface area (Å²) in [5.41, 5.74) is 3.17. The number of hydrogen-bond acceptors (Lipinski definition) is 3. The zero-order valence-corrected chi connectivity index (χ0v) is 13.3. The standard InChI is InChI=1S/C18H22N2O2/c1-12(2)22-18(21)17-10-19-11-20(17)13(3)15-6-4-5-7-16(15)14-8-9-14/h4-7,10-14H,8-9H2,1-3H3/t13-/m1/s1. The molecule has 1 atom stereocenters. The summed E-state index contributed by atoms with van der Waals surface area (Å²) < 4.78 is 7.22. The van der Waals surface area contributed by atoms with Gasteiger partial charge in [-0.1, -0.05) is 24.3 Å². The Morgan fingerprint density at radius 3 is 2.68 bits per heavy atom. The summed E-state index contributed by atoms with van der Waals surface area (Å²) in [6.45, 7) is 5.81. The molecule has 0 spiro atoms. The molecule has 4 heteroatoms. The lowest BCUT2D eigenvalue weighted by molar-refractivity contribution is 0.0364. The van der Waals surface area contributed by atoms with Crippen molar-refractivity contribution in [2.24, 2.45) is 0 Å². The fourth-order valence-electron chi connectivity index (χ4n) is 2.85. The molecule has 0 amide bonds. The highest BCUT2D eigenvalue weighted by molar-refractivity contribution is 5.87. The summed E-state index contributed by atoms with van der Waals surface area (Å²) in [5.74, 6) is 0.358. The van der Waals surface area contributed by atoms with E-state index in [0.29, 0.717) is 11.6 Å². The van der Waals surface area contributed by atoms with Gasteiger partial charge in [0.1, 0.15) is 5.69 Å². The van der Waals surface area contributed by atoms with Crippen LogP contribution in [-0.2, 0) is 4.74 Å². The highest BCUT2D eigenvalue weighted by atomic mass is 16.5. The molecule has 1 aromatic carbocycles. The van der Waals surface area contributed by atoms with Crippen molar-refractivity contribution in [3.63, 3.8) is 0 Å². The molecule has 1 saturated carbocycles.